The number of anilines is 1. The number of benzene rings is 1. The third-order valence-electron chi connectivity index (χ3n) is 5.63. The average molecular weight is 495 g/mol. The molecule has 34 heavy (non-hydrogen) atoms. The zero-order valence-corrected chi connectivity index (χ0v) is 20.4. The van der Waals surface area contributed by atoms with Gasteiger partial charge in [0.2, 0.25) is 0 Å². The number of hydrogen-bond donors (Lipinski definition) is 1. The largest absolute Gasteiger partial charge is 0.462 e. The molecular formula is C26H23ClN2O4S. The van der Waals surface area contributed by atoms with Gasteiger partial charge in [0.15, 0.2) is 0 Å². The molecular weight excluding hydrogens is 472 g/mol. The van der Waals surface area contributed by atoms with E-state index in [4.69, 9.17) is 20.8 Å². The second-order valence-corrected chi connectivity index (χ2v) is 9.65. The number of hydrogen-bond acceptors (Lipinski definition) is 6. The second-order valence-electron chi connectivity index (χ2n) is 8.11. The molecule has 1 aliphatic rings. The SMILES string of the molecule is CCOC(=O)c1c(NC(=O)/C(C#N)=C/c2ccc(-c3ccc(Cl)cc3)o2)sc2c1CCC(C)C2. The summed E-state index contributed by atoms with van der Waals surface area (Å²) < 4.78 is 11.0. The lowest BCUT2D eigenvalue weighted by atomic mass is 9.88. The molecule has 1 amide bonds. The van der Waals surface area contributed by atoms with Crippen molar-refractivity contribution in [3.8, 4) is 17.4 Å². The number of thiophene rings is 1. The minimum Gasteiger partial charge on any atom is -0.462 e. The molecule has 0 aliphatic heterocycles. The topological polar surface area (TPSA) is 92.3 Å². The number of nitriles is 1. The van der Waals surface area contributed by atoms with Gasteiger partial charge in [0.1, 0.15) is 28.2 Å². The van der Waals surface area contributed by atoms with Gasteiger partial charge in [0.25, 0.3) is 5.91 Å². The van der Waals surface area contributed by atoms with Crippen molar-refractivity contribution in [3.05, 3.63) is 68.8 Å². The first-order valence-corrected chi connectivity index (χ1v) is 12.2. The molecule has 174 valence electrons. The zero-order chi connectivity index (χ0) is 24.2. The van der Waals surface area contributed by atoms with Crippen molar-refractivity contribution < 1.29 is 18.7 Å². The molecule has 1 aromatic carbocycles. The highest BCUT2D eigenvalue weighted by Crippen LogP contribution is 2.40. The fraction of sp³-hybridized carbons (Fsp3) is 0.269. The maximum atomic E-state index is 13.0. The molecule has 0 fully saturated rings. The van der Waals surface area contributed by atoms with Crippen LogP contribution in [0.2, 0.25) is 5.02 Å². The number of carbonyl (C=O) groups excluding carboxylic acids is 2. The maximum Gasteiger partial charge on any atom is 0.341 e. The molecule has 2 heterocycles. The summed E-state index contributed by atoms with van der Waals surface area (Å²) in [6.07, 6.45) is 3.97. The minimum absolute atomic E-state index is 0.133. The van der Waals surface area contributed by atoms with Crippen molar-refractivity contribution in [1.82, 2.24) is 0 Å². The normalized spacial score (nSPS) is 15.4. The van der Waals surface area contributed by atoms with Crippen LogP contribution in [0.5, 0.6) is 0 Å². The van der Waals surface area contributed by atoms with Crippen molar-refractivity contribution in [2.75, 3.05) is 11.9 Å². The van der Waals surface area contributed by atoms with Crippen molar-refractivity contribution in [2.24, 2.45) is 5.92 Å². The predicted octanol–water partition coefficient (Wildman–Crippen LogP) is 6.51. The number of nitrogens with one attached hydrogen (secondary N) is 1. The summed E-state index contributed by atoms with van der Waals surface area (Å²) in [4.78, 5) is 26.7. The van der Waals surface area contributed by atoms with Crippen molar-refractivity contribution in [3.63, 3.8) is 0 Å². The maximum absolute atomic E-state index is 13.0. The Morgan fingerprint density at radius 2 is 2.06 bits per heavy atom. The number of esters is 1. The van der Waals surface area contributed by atoms with Gasteiger partial charge in [-0.3, -0.25) is 4.79 Å². The van der Waals surface area contributed by atoms with E-state index in [1.807, 2.05) is 18.2 Å². The highest BCUT2D eigenvalue weighted by atomic mass is 35.5. The van der Waals surface area contributed by atoms with E-state index >= 15 is 0 Å². The number of rotatable bonds is 6. The summed E-state index contributed by atoms with van der Waals surface area (Å²) >= 11 is 7.31. The Balaban J connectivity index is 1.59. The molecule has 1 aliphatic carbocycles. The number of furan rings is 1. The number of ether oxygens (including phenoxy) is 1. The monoisotopic (exact) mass is 494 g/mol. The van der Waals surface area contributed by atoms with Crippen molar-refractivity contribution >= 4 is 45.9 Å². The Kier molecular flexibility index (Phi) is 7.20. The summed E-state index contributed by atoms with van der Waals surface area (Å²) in [5.74, 6) is 0.398. The Bertz CT molecular complexity index is 1300. The van der Waals surface area contributed by atoms with Gasteiger partial charge in [0, 0.05) is 21.5 Å². The second kappa shape index (κ2) is 10.3. The fourth-order valence-electron chi connectivity index (χ4n) is 3.92. The van der Waals surface area contributed by atoms with Crippen LogP contribution in [0.3, 0.4) is 0 Å². The molecule has 0 bridgehead atoms. The van der Waals surface area contributed by atoms with E-state index in [0.29, 0.717) is 33.0 Å². The Hall–Kier alpha value is -3.34. The van der Waals surface area contributed by atoms with Gasteiger partial charge in [-0.1, -0.05) is 18.5 Å². The minimum atomic E-state index is -0.607. The zero-order valence-electron chi connectivity index (χ0n) is 18.8. The van der Waals surface area contributed by atoms with Crippen LogP contribution >= 0.6 is 22.9 Å². The van der Waals surface area contributed by atoms with E-state index in [9.17, 15) is 14.9 Å². The molecule has 4 rings (SSSR count). The number of amides is 1. The first kappa shape index (κ1) is 23.8. The van der Waals surface area contributed by atoms with Crippen LogP contribution in [0, 0.1) is 17.2 Å². The molecule has 8 heteroatoms. The van der Waals surface area contributed by atoms with E-state index in [-0.39, 0.29) is 12.2 Å². The van der Waals surface area contributed by atoms with Crippen LogP contribution in [-0.4, -0.2) is 18.5 Å². The van der Waals surface area contributed by atoms with Gasteiger partial charge < -0.3 is 14.5 Å². The van der Waals surface area contributed by atoms with E-state index in [1.165, 1.54) is 17.4 Å². The lowest BCUT2D eigenvalue weighted by Gasteiger charge is -2.18. The van der Waals surface area contributed by atoms with E-state index in [0.717, 1.165) is 35.3 Å². The average Bonchev–Trinajstić information content (AvgIpc) is 3.42. The predicted molar refractivity (Wildman–Crippen MR) is 133 cm³/mol. The molecule has 2 aromatic heterocycles. The van der Waals surface area contributed by atoms with E-state index in [2.05, 4.69) is 12.2 Å². The Morgan fingerprint density at radius 1 is 1.29 bits per heavy atom. The molecule has 1 unspecified atom stereocenters. The van der Waals surface area contributed by atoms with Crippen LogP contribution in [0.1, 0.15) is 46.8 Å². The molecule has 0 spiro atoms. The van der Waals surface area contributed by atoms with Gasteiger partial charge >= 0.3 is 5.97 Å². The van der Waals surface area contributed by atoms with E-state index in [1.54, 1.807) is 31.2 Å². The first-order chi connectivity index (χ1) is 16.4. The highest BCUT2D eigenvalue weighted by Gasteiger charge is 2.29. The molecule has 1 N–H and O–H groups in total. The summed E-state index contributed by atoms with van der Waals surface area (Å²) in [6, 6.07) is 12.5. The Labute approximate surface area is 206 Å². The summed E-state index contributed by atoms with van der Waals surface area (Å²) in [7, 11) is 0. The van der Waals surface area contributed by atoms with Crippen LogP contribution in [0.4, 0.5) is 5.00 Å². The number of nitrogens with zero attached hydrogens (tertiary/aromatic N) is 1. The molecule has 0 radical (unpaired) electrons. The van der Waals surface area contributed by atoms with Crippen LogP contribution in [0.25, 0.3) is 17.4 Å². The van der Waals surface area contributed by atoms with Gasteiger partial charge in [-0.05, 0) is 74.1 Å². The van der Waals surface area contributed by atoms with Crippen LogP contribution < -0.4 is 5.32 Å². The van der Waals surface area contributed by atoms with Crippen LogP contribution in [0.15, 0.2) is 46.4 Å². The van der Waals surface area contributed by atoms with Crippen molar-refractivity contribution in [2.45, 2.75) is 33.1 Å². The first-order valence-electron chi connectivity index (χ1n) is 11.0. The Morgan fingerprint density at radius 3 is 2.76 bits per heavy atom. The number of fused-ring (bicyclic) bond motifs is 1. The van der Waals surface area contributed by atoms with Crippen molar-refractivity contribution in [1.29, 1.82) is 5.26 Å². The third kappa shape index (κ3) is 5.09. The number of halogens is 1. The third-order valence-corrected chi connectivity index (χ3v) is 7.05. The summed E-state index contributed by atoms with van der Waals surface area (Å²) in [5.41, 5.74) is 2.04. The quantitative estimate of drug-likeness (QED) is 0.239. The van der Waals surface area contributed by atoms with Gasteiger partial charge in [-0.25, -0.2) is 4.79 Å². The number of carbonyl (C=O) groups is 2. The summed E-state index contributed by atoms with van der Waals surface area (Å²) in [6.45, 7) is 4.16. The van der Waals surface area contributed by atoms with Crippen LogP contribution in [-0.2, 0) is 22.4 Å². The van der Waals surface area contributed by atoms with Gasteiger partial charge in [-0.2, -0.15) is 5.26 Å². The molecule has 0 saturated heterocycles. The fourth-order valence-corrected chi connectivity index (χ4v) is 5.44. The molecule has 1 atom stereocenters. The van der Waals surface area contributed by atoms with E-state index < -0.39 is 11.9 Å². The lowest BCUT2D eigenvalue weighted by Crippen LogP contribution is -2.17. The highest BCUT2D eigenvalue weighted by molar-refractivity contribution is 7.17. The molecule has 6 nitrogen and oxygen atoms in total. The van der Waals surface area contributed by atoms with Gasteiger partial charge in [-0.15, -0.1) is 11.3 Å². The lowest BCUT2D eigenvalue weighted by molar-refractivity contribution is -0.112. The standard InChI is InChI=1S/C26H23ClN2O4S/c1-3-32-26(31)23-20-10-4-15(2)12-22(20)34-25(23)29-24(30)17(14-28)13-19-9-11-21(33-19)16-5-7-18(27)8-6-16/h5-9,11,13,15H,3-4,10,12H2,1-2H3,(H,29,30)/b17-13+. The molecule has 3 aromatic rings. The van der Waals surface area contributed by atoms with Gasteiger partial charge in [0.05, 0.1) is 12.2 Å². The molecule has 0 saturated carbocycles. The smallest absolute Gasteiger partial charge is 0.341 e. The summed E-state index contributed by atoms with van der Waals surface area (Å²) in [5, 5.41) is 13.4.